The predicted octanol–water partition coefficient (Wildman–Crippen LogP) is 2.52. The molecule has 0 saturated carbocycles. The van der Waals surface area contributed by atoms with Gasteiger partial charge >= 0.3 is 0 Å². The number of hydrazine groups is 1. The summed E-state index contributed by atoms with van der Waals surface area (Å²) in [6, 6.07) is 0. The van der Waals surface area contributed by atoms with E-state index in [0.29, 0.717) is 5.95 Å². The van der Waals surface area contributed by atoms with Crippen LogP contribution in [-0.4, -0.2) is 15.5 Å². The third kappa shape index (κ3) is 3.61. The summed E-state index contributed by atoms with van der Waals surface area (Å²) in [5, 5.41) is 3.37. The Labute approximate surface area is 104 Å². The fraction of sp³-hybridized carbons (Fsp3) is 0.600. The van der Waals surface area contributed by atoms with Gasteiger partial charge in [0.2, 0.25) is 5.95 Å². The van der Waals surface area contributed by atoms with Gasteiger partial charge in [0, 0.05) is 11.7 Å². The third-order valence-corrected chi connectivity index (χ3v) is 2.79. The summed E-state index contributed by atoms with van der Waals surface area (Å²) in [7, 11) is 0. The summed E-state index contributed by atoms with van der Waals surface area (Å²) in [6.45, 7) is 6.44. The van der Waals surface area contributed by atoms with E-state index < -0.39 is 0 Å². The Morgan fingerprint density at radius 1 is 1.50 bits per heavy atom. The Morgan fingerprint density at radius 3 is 2.75 bits per heavy atom. The van der Waals surface area contributed by atoms with Crippen molar-refractivity contribution in [3.8, 4) is 0 Å². The molecule has 1 heterocycles. The largest absolute Gasteiger partial charge is 0.364 e. The van der Waals surface area contributed by atoms with Gasteiger partial charge in [0.25, 0.3) is 0 Å². The van der Waals surface area contributed by atoms with Crippen LogP contribution in [0.25, 0.3) is 0 Å². The summed E-state index contributed by atoms with van der Waals surface area (Å²) < 4.78 is 0.829. The van der Waals surface area contributed by atoms with Crippen molar-refractivity contribution in [1.29, 1.82) is 0 Å². The lowest BCUT2D eigenvalue weighted by molar-refractivity contribution is 0.508. The summed E-state index contributed by atoms with van der Waals surface area (Å²) >= 11 is 3.41. The van der Waals surface area contributed by atoms with Gasteiger partial charge in [-0.15, -0.1) is 0 Å². The molecule has 0 atom stereocenters. The van der Waals surface area contributed by atoms with Crippen LogP contribution in [0.4, 0.5) is 11.8 Å². The lowest BCUT2D eigenvalue weighted by atomic mass is 9.99. The SMILES string of the molecule is CCCC(C)(C)Nc1nc(NN)ncc1Br. The number of hydrogen-bond donors (Lipinski definition) is 3. The van der Waals surface area contributed by atoms with Gasteiger partial charge < -0.3 is 5.32 Å². The number of nitrogens with two attached hydrogens (primary N) is 1. The number of halogens is 1. The predicted molar refractivity (Wildman–Crippen MR) is 70.2 cm³/mol. The quantitative estimate of drug-likeness (QED) is 0.573. The molecule has 0 aromatic carbocycles. The molecule has 0 saturated heterocycles. The van der Waals surface area contributed by atoms with Crippen molar-refractivity contribution in [3.63, 3.8) is 0 Å². The maximum Gasteiger partial charge on any atom is 0.239 e. The summed E-state index contributed by atoms with van der Waals surface area (Å²) in [6.07, 6.45) is 3.85. The van der Waals surface area contributed by atoms with E-state index in [1.54, 1.807) is 6.20 Å². The van der Waals surface area contributed by atoms with E-state index in [1.807, 2.05) is 0 Å². The Morgan fingerprint density at radius 2 is 2.19 bits per heavy atom. The topological polar surface area (TPSA) is 75.9 Å². The lowest BCUT2D eigenvalue weighted by Crippen LogP contribution is -2.31. The molecule has 0 spiro atoms. The molecule has 0 aliphatic rings. The molecule has 0 aliphatic carbocycles. The Bertz CT molecular complexity index is 353. The summed E-state index contributed by atoms with van der Waals surface area (Å²) in [4.78, 5) is 8.25. The van der Waals surface area contributed by atoms with Gasteiger partial charge in [0.1, 0.15) is 5.82 Å². The van der Waals surface area contributed by atoms with E-state index >= 15 is 0 Å². The van der Waals surface area contributed by atoms with Gasteiger partial charge in [-0.1, -0.05) is 13.3 Å². The molecule has 6 heteroatoms. The minimum absolute atomic E-state index is 0.00249. The van der Waals surface area contributed by atoms with Crippen molar-refractivity contribution < 1.29 is 0 Å². The molecule has 0 fully saturated rings. The van der Waals surface area contributed by atoms with Crippen LogP contribution in [0.5, 0.6) is 0 Å². The second kappa shape index (κ2) is 5.45. The molecule has 1 rings (SSSR count). The van der Waals surface area contributed by atoms with Crippen LogP contribution in [0, 0.1) is 0 Å². The first-order chi connectivity index (χ1) is 7.48. The van der Waals surface area contributed by atoms with E-state index in [9.17, 15) is 0 Å². The van der Waals surface area contributed by atoms with Gasteiger partial charge in [-0.2, -0.15) is 4.98 Å². The monoisotopic (exact) mass is 287 g/mol. The number of nitrogens with one attached hydrogen (secondary N) is 2. The number of aromatic nitrogens is 2. The van der Waals surface area contributed by atoms with E-state index in [-0.39, 0.29) is 5.54 Å². The molecule has 0 amide bonds. The molecular formula is C10H18BrN5. The maximum atomic E-state index is 5.27. The first-order valence-corrected chi connectivity index (χ1v) is 6.05. The van der Waals surface area contributed by atoms with Gasteiger partial charge in [-0.05, 0) is 36.2 Å². The number of nitrogen functional groups attached to an aromatic ring is 1. The Hall–Kier alpha value is -0.880. The van der Waals surface area contributed by atoms with Crippen LogP contribution < -0.4 is 16.6 Å². The fourth-order valence-electron chi connectivity index (χ4n) is 1.53. The maximum absolute atomic E-state index is 5.27. The van der Waals surface area contributed by atoms with E-state index in [4.69, 9.17) is 5.84 Å². The van der Waals surface area contributed by atoms with Crippen LogP contribution >= 0.6 is 15.9 Å². The fourth-order valence-corrected chi connectivity index (χ4v) is 1.82. The smallest absolute Gasteiger partial charge is 0.239 e. The lowest BCUT2D eigenvalue weighted by Gasteiger charge is -2.27. The minimum Gasteiger partial charge on any atom is -0.364 e. The molecule has 0 bridgehead atoms. The average molecular weight is 288 g/mol. The van der Waals surface area contributed by atoms with Crippen molar-refractivity contribution in [2.75, 3.05) is 10.7 Å². The Balaban J connectivity index is 2.87. The highest BCUT2D eigenvalue weighted by Crippen LogP contribution is 2.25. The van der Waals surface area contributed by atoms with Crippen LogP contribution in [-0.2, 0) is 0 Å². The van der Waals surface area contributed by atoms with Crippen molar-refractivity contribution in [2.45, 2.75) is 39.2 Å². The molecule has 5 nitrogen and oxygen atoms in total. The molecule has 0 radical (unpaired) electrons. The zero-order chi connectivity index (χ0) is 12.2. The van der Waals surface area contributed by atoms with Crippen LogP contribution in [0.2, 0.25) is 0 Å². The van der Waals surface area contributed by atoms with Gasteiger partial charge in [-0.25, -0.2) is 10.8 Å². The minimum atomic E-state index is -0.00249. The molecule has 0 aliphatic heterocycles. The molecule has 4 N–H and O–H groups in total. The highest BCUT2D eigenvalue weighted by atomic mass is 79.9. The normalized spacial score (nSPS) is 11.3. The van der Waals surface area contributed by atoms with Crippen LogP contribution in [0.1, 0.15) is 33.6 Å². The van der Waals surface area contributed by atoms with Crippen molar-refractivity contribution >= 4 is 27.7 Å². The third-order valence-electron chi connectivity index (χ3n) is 2.20. The first-order valence-electron chi connectivity index (χ1n) is 5.26. The second-order valence-corrected chi connectivity index (χ2v) is 5.15. The molecule has 16 heavy (non-hydrogen) atoms. The molecule has 0 unspecified atom stereocenters. The van der Waals surface area contributed by atoms with Crippen LogP contribution in [0.3, 0.4) is 0 Å². The standard InChI is InChI=1S/C10H18BrN5/c1-4-5-10(2,3)15-8-7(11)6-13-9(14-8)16-12/h6H,4-5,12H2,1-3H3,(H2,13,14,15,16). The number of nitrogens with zero attached hydrogens (tertiary/aromatic N) is 2. The Kier molecular flexibility index (Phi) is 4.49. The molecule has 1 aromatic rings. The number of rotatable bonds is 5. The van der Waals surface area contributed by atoms with Crippen molar-refractivity contribution in [1.82, 2.24) is 9.97 Å². The number of hydrogen-bond acceptors (Lipinski definition) is 5. The summed E-state index contributed by atoms with van der Waals surface area (Å²) in [5.41, 5.74) is 2.43. The van der Waals surface area contributed by atoms with E-state index in [1.165, 1.54) is 0 Å². The highest BCUT2D eigenvalue weighted by Gasteiger charge is 2.18. The summed E-state index contributed by atoms with van der Waals surface area (Å²) in [5.74, 6) is 6.43. The first kappa shape index (κ1) is 13.2. The van der Waals surface area contributed by atoms with Crippen LogP contribution in [0.15, 0.2) is 10.7 Å². The van der Waals surface area contributed by atoms with E-state index in [0.717, 1.165) is 23.1 Å². The van der Waals surface area contributed by atoms with E-state index in [2.05, 4.69) is 57.4 Å². The van der Waals surface area contributed by atoms with Gasteiger partial charge in [0.15, 0.2) is 0 Å². The van der Waals surface area contributed by atoms with Gasteiger partial charge in [-0.3, -0.25) is 5.43 Å². The molecular weight excluding hydrogens is 270 g/mol. The zero-order valence-corrected chi connectivity index (χ0v) is 11.4. The molecule has 1 aromatic heterocycles. The average Bonchev–Trinajstić information content (AvgIpc) is 2.21. The second-order valence-electron chi connectivity index (χ2n) is 4.29. The zero-order valence-electron chi connectivity index (χ0n) is 9.84. The number of anilines is 2. The highest BCUT2D eigenvalue weighted by molar-refractivity contribution is 9.10. The van der Waals surface area contributed by atoms with Crippen molar-refractivity contribution in [2.24, 2.45) is 5.84 Å². The van der Waals surface area contributed by atoms with Crippen molar-refractivity contribution in [3.05, 3.63) is 10.7 Å². The molecule has 90 valence electrons. The van der Waals surface area contributed by atoms with Gasteiger partial charge in [0.05, 0.1) is 4.47 Å².